The largest absolute Gasteiger partial charge is 0.465 e. The predicted molar refractivity (Wildman–Crippen MR) is 105 cm³/mol. The van der Waals surface area contributed by atoms with Crippen LogP contribution in [0, 0.1) is 0 Å². The zero-order valence-corrected chi connectivity index (χ0v) is 16.1. The van der Waals surface area contributed by atoms with E-state index in [2.05, 4.69) is 5.32 Å². The lowest BCUT2D eigenvalue weighted by atomic mass is 10.0. The van der Waals surface area contributed by atoms with Gasteiger partial charge in [-0.2, -0.15) is 0 Å². The number of benzene rings is 2. The Morgan fingerprint density at radius 1 is 0.893 bits per heavy atom. The van der Waals surface area contributed by atoms with Gasteiger partial charge in [-0.3, -0.25) is 19.7 Å². The van der Waals surface area contributed by atoms with Crippen molar-refractivity contribution >= 4 is 17.7 Å². The number of esters is 2. The van der Waals surface area contributed by atoms with Gasteiger partial charge < -0.3 is 9.47 Å². The molecule has 2 aromatic carbocycles. The highest BCUT2D eigenvalue weighted by atomic mass is 16.5. The van der Waals surface area contributed by atoms with E-state index in [0.717, 1.165) is 5.56 Å². The highest BCUT2D eigenvalue weighted by Gasteiger charge is 2.28. The molecule has 2 atom stereocenters. The minimum Gasteiger partial charge on any atom is -0.465 e. The second kappa shape index (κ2) is 11.0. The predicted octanol–water partition coefficient (Wildman–Crippen LogP) is 2.91. The number of carbonyl (C=O) groups is 3. The Kier molecular flexibility index (Phi) is 8.37. The Bertz CT molecular complexity index is 776. The molecule has 0 bridgehead atoms. The number of carbonyl (C=O) groups excluding carboxylic acids is 3. The number of hydrogen-bond acceptors (Lipinski definition) is 6. The molecule has 0 aliphatic rings. The second-order valence-electron chi connectivity index (χ2n) is 6.28. The first-order valence-corrected chi connectivity index (χ1v) is 9.22. The van der Waals surface area contributed by atoms with E-state index in [1.165, 1.54) is 0 Å². The van der Waals surface area contributed by atoms with E-state index in [1.54, 1.807) is 38.1 Å². The lowest BCUT2D eigenvalue weighted by Gasteiger charge is -2.20. The quantitative estimate of drug-likeness (QED) is 0.502. The Balaban J connectivity index is 1.97. The van der Waals surface area contributed by atoms with Crippen molar-refractivity contribution in [2.45, 2.75) is 39.0 Å². The van der Waals surface area contributed by atoms with Crippen LogP contribution in [-0.2, 0) is 25.7 Å². The van der Waals surface area contributed by atoms with E-state index in [1.807, 2.05) is 36.4 Å². The van der Waals surface area contributed by atoms with E-state index in [0.29, 0.717) is 5.56 Å². The zero-order chi connectivity index (χ0) is 20.4. The fourth-order valence-corrected chi connectivity index (χ4v) is 2.60. The fraction of sp³-hybridized carbons (Fsp3) is 0.318. The summed E-state index contributed by atoms with van der Waals surface area (Å²) in [5.74, 6) is -1.30. The van der Waals surface area contributed by atoms with Crippen LogP contribution in [0.2, 0.25) is 0 Å². The van der Waals surface area contributed by atoms with E-state index in [-0.39, 0.29) is 25.4 Å². The van der Waals surface area contributed by atoms with Crippen molar-refractivity contribution in [2.75, 3.05) is 6.61 Å². The summed E-state index contributed by atoms with van der Waals surface area (Å²) < 4.78 is 10.3. The minimum atomic E-state index is -0.938. The summed E-state index contributed by atoms with van der Waals surface area (Å²) in [6, 6.07) is 16.3. The zero-order valence-electron chi connectivity index (χ0n) is 16.1. The van der Waals surface area contributed by atoms with Crippen LogP contribution in [0.4, 0.5) is 0 Å². The first-order valence-electron chi connectivity index (χ1n) is 9.22. The van der Waals surface area contributed by atoms with Crippen molar-refractivity contribution < 1.29 is 23.9 Å². The third-order valence-corrected chi connectivity index (χ3v) is 4.09. The highest BCUT2D eigenvalue weighted by molar-refractivity contribution is 5.99. The maximum Gasteiger partial charge on any atom is 0.323 e. The van der Waals surface area contributed by atoms with Crippen molar-refractivity contribution in [1.82, 2.24) is 5.32 Å². The molecule has 0 saturated heterocycles. The van der Waals surface area contributed by atoms with Crippen LogP contribution in [0.15, 0.2) is 60.7 Å². The topological polar surface area (TPSA) is 81.7 Å². The Hall–Kier alpha value is -2.99. The smallest absolute Gasteiger partial charge is 0.323 e. The second-order valence-corrected chi connectivity index (χ2v) is 6.28. The van der Waals surface area contributed by atoms with Crippen LogP contribution >= 0.6 is 0 Å². The molecule has 0 radical (unpaired) electrons. The van der Waals surface area contributed by atoms with Gasteiger partial charge in [0.25, 0.3) is 0 Å². The third kappa shape index (κ3) is 6.63. The first kappa shape index (κ1) is 21.3. The lowest BCUT2D eigenvalue weighted by Crippen LogP contribution is -2.47. The van der Waals surface area contributed by atoms with Gasteiger partial charge in [0.05, 0.1) is 6.61 Å². The summed E-state index contributed by atoms with van der Waals surface area (Å²) in [6.45, 7) is 3.60. The molecule has 2 rings (SSSR count). The average molecular weight is 383 g/mol. The molecule has 0 aliphatic carbocycles. The Morgan fingerprint density at radius 3 is 2.11 bits per heavy atom. The molecule has 0 aromatic heterocycles. The van der Waals surface area contributed by atoms with E-state index < -0.39 is 24.0 Å². The van der Waals surface area contributed by atoms with Gasteiger partial charge in [-0.1, -0.05) is 60.7 Å². The van der Waals surface area contributed by atoms with Gasteiger partial charge in [-0.05, 0) is 19.4 Å². The monoisotopic (exact) mass is 383 g/mol. The molecule has 6 nitrogen and oxygen atoms in total. The van der Waals surface area contributed by atoms with Crippen LogP contribution in [0.3, 0.4) is 0 Å². The summed E-state index contributed by atoms with van der Waals surface area (Å²) in [7, 11) is 0. The molecule has 0 saturated carbocycles. The standard InChI is InChI=1S/C22H25NO5/c1-3-27-22(26)19(14-20(24)18-12-8-5-9-13-18)23-16(2)21(25)28-15-17-10-6-4-7-11-17/h4-13,16,19,23H,3,14-15H2,1-2H3. The molecule has 0 spiro atoms. The highest BCUT2D eigenvalue weighted by Crippen LogP contribution is 2.09. The van der Waals surface area contributed by atoms with Crippen molar-refractivity contribution in [3.63, 3.8) is 0 Å². The summed E-state index contributed by atoms with van der Waals surface area (Å²) in [6.07, 6.45) is -0.112. The van der Waals surface area contributed by atoms with E-state index in [4.69, 9.17) is 9.47 Å². The van der Waals surface area contributed by atoms with Gasteiger partial charge >= 0.3 is 11.9 Å². The van der Waals surface area contributed by atoms with Crippen molar-refractivity contribution in [1.29, 1.82) is 0 Å². The van der Waals surface area contributed by atoms with E-state index >= 15 is 0 Å². The van der Waals surface area contributed by atoms with E-state index in [9.17, 15) is 14.4 Å². The SMILES string of the molecule is CCOC(=O)C(CC(=O)c1ccccc1)NC(C)C(=O)OCc1ccccc1. The van der Waals surface area contributed by atoms with Crippen molar-refractivity contribution in [3.8, 4) is 0 Å². The van der Waals surface area contributed by atoms with Crippen LogP contribution in [0.5, 0.6) is 0 Å². The Morgan fingerprint density at radius 2 is 1.50 bits per heavy atom. The molecule has 2 unspecified atom stereocenters. The number of hydrogen-bond donors (Lipinski definition) is 1. The van der Waals surface area contributed by atoms with Gasteiger partial charge in [0.1, 0.15) is 18.7 Å². The molecule has 6 heteroatoms. The first-order chi connectivity index (χ1) is 13.5. The number of ether oxygens (including phenoxy) is 2. The Labute approximate surface area is 164 Å². The van der Waals surface area contributed by atoms with Gasteiger partial charge in [-0.15, -0.1) is 0 Å². The summed E-state index contributed by atoms with van der Waals surface area (Å²) >= 11 is 0. The van der Waals surface area contributed by atoms with Crippen molar-refractivity contribution in [2.24, 2.45) is 0 Å². The third-order valence-electron chi connectivity index (χ3n) is 4.09. The van der Waals surface area contributed by atoms with Crippen LogP contribution in [-0.4, -0.2) is 36.4 Å². The van der Waals surface area contributed by atoms with Crippen LogP contribution < -0.4 is 5.32 Å². The molecule has 2 aromatic rings. The molecular formula is C22H25NO5. The molecule has 0 amide bonds. The van der Waals surface area contributed by atoms with Crippen molar-refractivity contribution in [3.05, 3.63) is 71.8 Å². The minimum absolute atomic E-state index is 0.112. The molecule has 0 aliphatic heterocycles. The molecule has 1 N–H and O–H groups in total. The van der Waals surface area contributed by atoms with Gasteiger partial charge in [0.2, 0.25) is 0 Å². The summed E-state index contributed by atoms with van der Waals surface area (Å²) in [4.78, 5) is 37.0. The van der Waals surface area contributed by atoms with Gasteiger partial charge in [0, 0.05) is 12.0 Å². The molecule has 0 fully saturated rings. The average Bonchev–Trinajstić information content (AvgIpc) is 2.72. The van der Waals surface area contributed by atoms with Gasteiger partial charge in [0.15, 0.2) is 5.78 Å². The summed E-state index contributed by atoms with van der Waals surface area (Å²) in [5.41, 5.74) is 1.36. The van der Waals surface area contributed by atoms with Crippen LogP contribution in [0.25, 0.3) is 0 Å². The molecule has 28 heavy (non-hydrogen) atoms. The fourth-order valence-electron chi connectivity index (χ4n) is 2.60. The normalized spacial score (nSPS) is 12.6. The number of nitrogens with one attached hydrogen (secondary N) is 1. The van der Waals surface area contributed by atoms with Gasteiger partial charge in [-0.25, -0.2) is 0 Å². The maximum atomic E-state index is 12.5. The summed E-state index contributed by atoms with van der Waals surface area (Å²) in [5, 5.41) is 2.87. The molecule has 148 valence electrons. The van der Waals surface area contributed by atoms with Crippen LogP contribution in [0.1, 0.15) is 36.2 Å². The number of rotatable bonds is 10. The number of ketones is 1. The maximum absolute atomic E-state index is 12.5. The molecule has 0 heterocycles. The molecular weight excluding hydrogens is 358 g/mol. The lowest BCUT2D eigenvalue weighted by molar-refractivity contribution is -0.149. The number of Topliss-reactive ketones (excluding diaryl/α,β-unsaturated/α-hetero) is 1.